The zero-order chi connectivity index (χ0) is 16.9. The number of carbonyl (C=O) groups is 1. The van der Waals surface area contributed by atoms with Crippen molar-refractivity contribution in [1.82, 2.24) is 10.3 Å². The highest BCUT2D eigenvalue weighted by molar-refractivity contribution is 9.10. The van der Waals surface area contributed by atoms with E-state index in [1.165, 1.54) is 11.8 Å². The van der Waals surface area contributed by atoms with Gasteiger partial charge < -0.3 is 5.32 Å². The number of halogens is 1. The number of aromatic nitrogens is 1. The summed E-state index contributed by atoms with van der Waals surface area (Å²) in [5.41, 5.74) is 2.04. The molecular weight excluding hydrogens is 384 g/mol. The van der Waals surface area contributed by atoms with Gasteiger partial charge in [0.2, 0.25) is 5.91 Å². The van der Waals surface area contributed by atoms with Crippen molar-refractivity contribution >= 4 is 44.5 Å². The average Bonchev–Trinajstić information content (AvgIpc) is 2.60. The van der Waals surface area contributed by atoms with E-state index in [2.05, 4.69) is 26.2 Å². The van der Waals surface area contributed by atoms with Crippen molar-refractivity contribution in [1.29, 1.82) is 0 Å². The summed E-state index contributed by atoms with van der Waals surface area (Å²) in [5, 5.41) is 4.13. The molecule has 0 fully saturated rings. The monoisotopic (exact) mass is 400 g/mol. The molecule has 2 aromatic carbocycles. The number of para-hydroxylation sites is 1. The predicted molar refractivity (Wildman–Crippen MR) is 103 cm³/mol. The molecule has 0 radical (unpaired) electrons. The second-order valence-electron chi connectivity index (χ2n) is 5.46. The summed E-state index contributed by atoms with van der Waals surface area (Å²) < 4.78 is 1.03. The number of amides is 1. The fourth-order valence-corrected chi connectivity index (χ4v) is 3.58. The first-order valence-corrected chi connectivity index (χ1v) is 9.43. The van der Waals surface area contributed by atoms with E-state index in [1.807, 2.05) is 61.5 Å². The first-order chi connectivity index (χ1) is 11.6. The van der Waals surface area contributed by atoms with Gasteiger partial charge in [-0.2, -0.15) is 0 Å². The van der Waals surface area contributed by atoms with Crippen LogP contribution in [-0.4, -0.2) is 16.6 Å². The Morgan fingerprint density at radius 1 is 1.17 bits per heavy atom. The van der Waals surface area contributed by atoms with E-state index >= 15 is 0 Å². The molecule has 3 aromatic rings. The number of rotatable bonds is 5. The van der Waals surface area contributed by atoms with Crippen LogP contribution < -0.4 is 5.32 Å². The third kappa shape index (κ3) is 4.16. The predicted octanol–water partition coefficient (Wildman–Crippen LogP) is 4.97. The number of fused-ring (bicyclic) bond motifs is 1. The molecule has 0 aliphatic rings. The Balaban J connectivity index is 1.62. The molecule has 1 amide bonds. The lowest BCUT2D eigenvalue weighted by Crippen LogP contribution is -2.28. The fourth-order valence-electron chi connectivity index (χ4n) is 2.46. The molecule has 0 aliphatic heterocycles. The van der Waals surface area contributed by atoms with Gasteiger partial charge in [0.15, 0.2) is 0 Å². The number of nitrogens with one attached hydrogen (secondary N) is 1. The maximum Gasteiger partial charge on any atom is 0.230 e. The number of pyridine rings is 1. The van der Waals surface area contributed by atoms with E-state index in [-0.39, 0.29) is 11.9 Å². The Morgan fingerprint density at radius 2 is 1.92 bits per heavy atom. The summed E-state index contributed by atoms with van der Waals surface area (Å²) in [6, 6.07) is 17.9. The van der Waals surface area contributed by atoms with Gasteiger partial charge in [-0.3, -0.25) is 9.78 Å². The van der Waals surface area contributed by atoms with Crippen LogP contribution in [0, 0.1) is 0 Å². The minimum Gasteiger partial charge on any atom is -0.349 e. The van der Waals surface area contributed by atoms with Crippen molar-refractivity contribution in [3.05, 3.63) is 70.8 Å². The van der Waals surface area contributed by atoms with Gasteiger partial charge in [0.05, 0.1) is 17.3 Å². The first kappa shape index (κ1) is 17.0. The largest absolute Gasteiger partial charge is 0.349 e. The topological polar surface area (TPSA) is 42.0 Å². The Morgan fingerprint density at radius 3 is 2.71 bits per heavy atom. The summed E-state index contributed by atoms with van der Waals surface area (Å²) >= 11 is 4.96. The molecule has 1 unspecified atom stereocenters. The lowest BCUT2D eigenvalue weighted by molar-refractivity contribution is -0.119. The summed E-state index contributed by atoms with van der Waals surface area (Å²) in [5.74, 6) is 0.408. The highest BCUT2D eigenvalue weighted by atomic mass is 79.9. The molecule has 1 heterocycles. The minimum atomic E-state index is -0.0135. The summed E-state index contributed by atoms with van der Waals surface area (Å²) in [6.07, 6.45) is 1.78. The number of thioether (sulfide) groups is 1. The average molecular weight is 401 g/mol. The van der Waals surface area contributed by atoms with Crippen molar-refractivity contribution in [2.45, 2.75) is 17.9 Å². The van der Waals surface area contributed by atoms with Crippen LogP contribution in [-0.2, 0) is 4.79 Å². The maximum absolute atomic E-state index is 12.2. The highest BCUT2D eigenvalue weighted by Crippen LogP contribution is 2.26. The SMILES string of the molecule is CC(NC(=O)CSc1ccnc2ccccc12)c1ccc(Br)cc1. The van der Waals surface area contributed by atoms with Gasteiger partial charge in [-0.1, -0.05) is 46.3 Å². The van der Waals surface area contributed by atoms with Gasteiger partial charge >= 0.3 is 0 Å². The van der Waals surface area contributed by atoms with Crippen LogP contribution in [0.15, 0.2) is 70.2 Å². The van der Waals surface area contributed by atoms with E-state index in [0.29, 0.717) is 5.75 Å². The van der Waals surface area contributed by atoms with Crippen LogP contribution in [0.1, 0.15) is 18.5 Å². The van der Waals surface area contributed by atoms with Crippen molar-refractivity contribution in [2.24, 2.45) is 0 Å². The number of hydrogen-bond acceptors (Lipinski definition) is 3. The minimum absolute atomic E-state index is 0.0135. The van der Waals surface area contributed by atoms with Gasteiger partial charge in [-0.05, 0) is 36.8 Å². The molecule has 1 atom stereocenters. The van der Waals surface area contributed by atoms with Crippen molar-refractivity contribution < 1.29 is 4.79 Å². The van der Waals surface area contributed by atoms with Crippen molar-refractivity contribution in [3.8, 4) is 0 Å². The molecule has 122 valence electrons. The third-order valence-electron chi connectivity index (χ3n) is 3.72. The lowest BCUT2D eigenvalue weighted by Gasteiger charge is -2.14. The summed E-state index contributed by atoms with van der Waals surface area (Å²) in [7, 11) is 0. The van der Waals surface area contributed by atoms with Crippen LogP contribution in [0.4, 0.5) is 0 Å². The van der Waals surface area contributed by atoms with Crippen LogP contribution in [0.3, 0.4) is 0 Å². The second-order valence-corrected chi connectivity index (χ2v) is 7.39. The van der Waals surface area contributed by atoms with E-state index in [4.69, 9.17) is 0 Å². The molecule has 0 spiro atoms. The Bertz CT molecular complexity index is 846. The van der Waals surface area contributed by atoms with Gasteiger partial charge in [0.25, 0.3) is 0 Å². The molecule has 0 aliphatic carbocycles. The Hall–Kier alpha value is -1.85. The zero-order valence-corrected chi connectivity index (χ0v) is 15.6. The number of benzene rings is 2. The molecule has 5 heteroatoms. The van der Waals surface area contributed by atoms with Gasteiger partial charge in [0, 0.05) is 21.0 Å². The Labute approximate surface area is 154 Å². The van der Waals surface area contributed by atoms with Crippen molar-refractivity contribution in [3.63, 3.8) is 0 Å². The van der Waals surface area contributed by atoms with E-state index < -0.39 is 0 Å². The lowest BCUT2D eigenvalue weighted by atomic mass is 10.1. The standard InChI is InChI=1S/C19H17BrN2OS/c1-13(14-6-8-15(20)9-7-14)22-19(23)12-24-18-10-11-21-17-5-3-2-4-16(17)18/h2-11,13H,12H2,1H3,(H,22,23). The number of hydrogen-bond donors (Lipinski definition) is 1. The molecule has 0 saturated carbocycles. The fraction of sp³-hybridized carbons (Fsp3) is 0.158. The molecule has 24 heavy (non-hydrogen) atoms. The summed E-state index contributed by atoms with van der Waals surface area (Å²) in [4.78, 5) is 17.7. The third-order valence-corrected chi connectivity index (χ3v) is 5.32. The maximum atomic E-state index is 12.2. The van der Waals surface area contributed by atoms with E-state index in [9.17, 15) is 4.79 Å². The highest BCUT2D eigenvalue weighted by Gasteiger charge is 2.11. The molecule has 0 bridgehead atoms. The molecule has 3 nitrogen and oxygen atoms in total. The molecule has 0 saturated heterocycles. The van der Waals surface area contributed by atoms with E-state index in [1.54, 1.807) is 6.20 Å². The first-order valence-electron chi connectivity index (χ1n) is 7.65. The molecule has 3 rings (SSSR count). The molecular formula is C19H17BrN2OS. The van der Waals surface area contributed by atoms with Gasteiger partial charge in [0.1, 0.15) is 0 Å². The quantitative estimate of drug-likeness (QED) is 0.614. The Kier molecular flexibility index (Phi) is 5.53. The normalized spacial score (nSPS) is 12.1. The second kappa shape index (κ2) is 7.81. The number of nitrogens with zero attached hydrogens (tertiary/aromatic N) is 1. The van der Waals surface area contributed by atoms with Gasteiger partial charge in [-0.25, -0.2) is 0 Å². The zero-order valence-electron chi connectivity index (χ0n) is 13.2. The van der Waals surface area contributed by atoms with Crippen LogP contribution >= 0.6 is 27.7 Å². The van der Waals surface area contributed by atoms with Crippen molar-refractivity contribution in [2.75, 3.05) is 5.75 Å². The van der Waals surface area contributed by atoms with Crippen LogP contribution in [0.5, 0.6) is 0 Å². The van der Waals surface area contributed by atoms with Gasteiger partial charge in [-0.15, -0.1) is 11.8 Å². The smallest absolute Gasteiger partial charge is 0.230 e. The molecule has 1 N–H and O–H groups in total. The molecule has 1 aromatic heterocycles. The summed E-state index contributed by atoms with van der Waals surface area (Å²) in [6.45, 7) is 1.99. The van der Waals surface area contributed by atoms with Crippen LogP contribution in [0.25, 0.3) is 10.9 Å². The van der Waals surface area contributed by atoms with E-state index in [0.717, 1.165) is 25.8 Å². The van der Waals surface area contributed by atoms with Crippen LogP contribution in [0.2, 0.25) is 0 Å². The number of carbonyl (C=O) groups excluding carboxylic acids is 1.